The Balaban J connectivity index is 2.82. The third kappa shape index (κ3) is 4.70. The molecule has 0 aromatic heterocycles. The maximum Gasteiger partial charge on any atom is 0.253 e. The zero-order chi connectivity index (χ0) is 15.3. The van der Waals surface area contributed by atoms with E-state index in [1.807, 2.05) is 0 Å². The number of halogens is 3. The molecule has 0 radical (unpaired) electrons. The van der Waals surface area contributed by atoms with Crippen LogP contribution in [-0.4, -0.2) is 39.0 Å². The zero-order valence-electron chi connectivity index (χ0n) is 10.6. The van der Waals surface area contributed by atoms with Crippen LogP contribution in [0.15, 0.2) is 29.2 Å². The molecule has 3 atom stereocenters. The van der Waals surface area contributed by atoms with Crippen molar-refractivity contribution < 1.29 is 18.5 Å². The largest absolute Gasteiger partial charge is 0.386 e. The molecule has 1 aromatic rings. The Morgan fingerprint density at radius 1 is 1.40 bits per heavy atom. The van der Waals surface area contributed by atoms with E-state index in [1.165, 1.54) is 18.4 Å². The predicted octanol–water partition coefficient (Wildman–Crippen LogP) is 1.72. The topological polar surface area (TPSA) is 66.4 Å². The number of nitrogens with one attached hydrogen (secondary N) is 1. The molecule has 2 N–H and O–H groups in total. The molecule has 1 unspecified atom stereocenters. The van der Waals surface area contributed by atoms with E-state index in [0.717, 1.165) is 0 Å². The van der Waals surface area contributed by atoms with Gasteiger partial charge >= 0.3 is 0 Å². The van der Waals surface area contributed by atoms with Crippen LogP contribution in [0.3, 0.4) is 0 Å². The van der Waals surface area contributed by atoms with E-state index in [4.69, 9.17) is 23.2 Å². The van der Waals surface area contributed by atoms with Gasteiger partial charge in [-0.25, -0.2) is 4.39 Å². The molecule has 1 aromatic carbocycles. The second-order valence-electron chi connectivity index (χ2n) is 4.04. The minimum absolute atomic E-state index is 0.392. The number of benzene rings is 1. The molecular weight excluding hydrogens is 328 g/mol. The van der Waals surface area contributed by atoms with Crippen LogP contribution in [0, 0.1) is 0 Å². The van der Waals surface area contributed by atoms with E-state index in [2.05, 4.69) is 5.32 Å². The first-order valence-electron chi connectivity index (χ1n) is 5.62. The molecule has 0 saturated heterocycles. The highest BCUT2D eigenvalue weighted by Crippen LogP contribution is 2.19. The summed E-state index contributed by atoms with van der Waals surface area (Å²) in [4.78, 5) is 10.6. The summed E-state index contributed by atoms with van der Waals surface area (Å²) in [5, 5.41) is 12.2. The molecule has 0 saturated carbocycles. The molecular formula is C12H14Cl2FNO3S. The van der Waals surface area contributed by atoms with Crippen molar-refractivity contribution in [1.29, 1.82) is 0 Å². The number of carbonyl (C=O) groups is 1. The quantitative estimate of drug-likeness (QED) is 0.774. The van der Waals surface area contributed by atoms with E-state index in [0.29, 0.717) is 10.5 Å². The van der Waals surface area contributed by atoms with Crippen molar-refractivity contribution in [3.8, 4) is 0 Å². The lowest BCUT2D eigenvalue weighted by atomic mass is 10.0. The Morgan fingerprint density at radius 2 is 1.95 bits per heavy atom. The standard InChI is InChI=1S/C12H14Cl2FNO3S/c1-20(19)8-4-2-7(3-5-8)10(17)9(6-15)16-12(18)11(13)14/h2-5,9-11,17H,6H2,1H3,(H,16,18)/t9-,10+,20?/m1/s1. The fraction of sp³-hybridized carbons (Fsp3) is 0.417. The fourth-order valence-corrected chi connectivity index (χ4v) is 2.18. The zero-order valence-corrected chi connectivity index (χ0v) is 12.9. The molecule has 1 amide bonds. The van der Waals surface area contributed by atoms with Crippen LogP contribution >= 0.6 is 23.2 Å². The second-order valence-corrected chi connectivity index (χ2v) is 6.51. The first kappa shape index (κ1) is 17.4. The second kappa shape index (κ2) is 7.93. The molecule has 0 bridgehead atoms. The lowest BCUT2D eigenvalue weighted by molar-refractivity contribution is -0.121. The first-order chi connectivity index (χ1) is 9.36. The number of amides is 1. The van der Waals surface area contributed by atoms with E-state index in [1.54, 1.807) is 12.1 Å². The molecule has 20 heavy (non-hydrogen) atoms. The average molecular weight is 342 g/mol. The SMILES string of the molecule is CS(=O)c1ccc([C@H](O)[C@@H](CF)NC(=O)C(Cl)Cl)cc1. The summed E-state index contributed by atoms with van der Waals surface area (Å²) in [5.74, 6) is -0.777. The molecule has 0 aliphatic heterocycles. The van der Waals surface area contributed by atoms with Crippen molar-refractivity contribution in [1.82, 2.24) is 5.32 Å². The normalized spacial score (nSPS) is 15.7. The molecule has 0 heterocycles. The van der Waals surface area contributed by atoms with Gasteiger partial charge in [-0.15, -0.1) is 0 Å². The van der Waals surface area contributed by atoms with Crippen LogP contribution in [0.1, 0.15) is 11.7 Å². The summed E-state index contributed by atoms with van der Waals surface area (Å²) in [7, 11) is -1.14. The smallest absolute Gasteiger partial charge is 0.253 e. The van der Waals surface area contributed by atoms with E-state index >= 15 is 0 Å². The highest BCUT2D eigenvalue weighted by molar-refractivity contribution is 7.84. The van der Waals surface area contributed by atoms with Crippen molar-refractivity contribution in [2.45, 2.75) is 21.9 Å². The van der Waals surface area contributed by atoms with Crippen LogP contribution in [0.25, 0.3) is 0 Å². The highest BCUT2D eigenvalue weighted by Gasteiger charge is 2.25. The van der Waals surface area contributed by atoms with Gasteiger partial charge in [0.1, 0.15) is 12.8 Å². The minimum Gasteiger partial charge on any atom is -0.386 e. The summed E-state index contributed by atoms with van der Waals surface area (Å²) < 4.78 is 24.2. The summed E-state index contributed by atoms with van der Waals surface area (Å²) >= 11 is 10.7. The highest BCUT2D eigenvalue weighted by atomic mass is 35.5. The molecule has 8 heteroatoms. The first-order valence-corrected chi connectivity index (χ1v) is 8.05. The Hall–Kier alpha value is -0.690. The number of aliphatic hydroxyl groups is 1. The third-order valence-corrected chi connectivity index (χ3v) is 3.96. The lowest BCUT2D eigenvalue weighted by Crippen LogP contribution is -2.43. The van der Waals surface area contributed by atoms with Gasteiger partial charge in [-0.3, -0.25) is 9.00 Å². The lowest BCUT2D eigenvalue weighted by Gasteiger charge is -2.22. The monoisotopic (exact) mass is 341 g/mol. The maximum atomic E-state index is 12.9. The number of hydrogen-bond acceptors (Lipinski definition) is 3. The van der Waals surface area contributed by atoms with Gasteiger partial charge in [0.25, 0.3) is 5.91 Å². The summed E-state index contributed by atoms with van der Waals surface area (Å²) in [6, 6.07) is 5.03. The van der Waals surface area contributed by atoms with E-state index < -0.39 is 40.4 Å². The third-order valence-electron chi connectivity index (χ3n) is 2.63. The van der Waals surface area contributed by atoms with Gasteiger partial charge < -0.3 is 10.4 Å². The van der Waals surface area contributed by atoms with Crippen LogP contribution < -0.4 is 5.32 Å². The van der Waals surface area contributed by atoms with Crippen LogP contribution in [0.5, 0.6) is 0 Å². The number of hydrogen-bond donors (Lipinski definition) is 2. The van der Waals surface area contributed by atoms with Gasteiger partial charge in [0, 0.05) is 22.0 Å². The van der Waals surface area contributed by atoms with Crippen LogP contribution in [0.2, 0.25) is 0 Å². The molecule has 1 rings (SSSR count). The average Bonchev–Trinajstić information content (AvgIpc) is 2.43. The van der Waals surface area contributed by atoms with Gasteiger partial charge in [0.2, 0.25) is 0 Å². The van der Waals surface area contributed by atoms with Gasteiger partial charge in [-0.2, -0.15) is 0 Å². The number of aliphatic hydroxyl groups excluding tert-OH is 1. The Kier molecular flexibility index (Phi) is 6.88. The van der Waals surface area contributed by atoms with Crippen molar-refractivity contribution >= 4 is 39.9 Å². The van der Waals surface area contributed by atoms with E-state index in [9.17, 15) is 18.5 Å². The van der Waals surface area contributed by atoms with Gasteiger partial charge in [-0.05, 0) is 17.7 Å². The Bertz CT molecular complexity index is 484. The molecule has 0 fully saturated rings. The van der Waals surface area contributed by atoms with Crippen molar-refractivity contribution in [2.24, 2.45) is 0 Å². The molecule has 4 nitrogen and oxygen atoms in total. The summed E-state index contributed by atoms with van der Waals surface area (Å²) in [6.07, 6.45) is 0.271. The van der Waals surface area contributed by atoms with Crippen molar-refractivity contribution in [3.63, 3.8) is 0 Å². The van der Waals surface area contributed by atoms with Gasteiger partial charge in [-0.1, -0.05) is 35.3 Å². The number of rotatable bonds is 6. The van der Waals surface area contributed by atoms with Crippen molar-refractivity contribution in [2.75, 3.05) is 12.9 Å². The Morgan fingerprint density at radius 3 is 2.35 bits per heavy atom. The molecule has 0 spiro atoms. The van der Waals surface area contributed by atoms with Gasteiger partial charge in [0.15, 0.2) is 4.84 Å². The van der Waals surface area contributed by atoms with E-state index in [-0.39, 0.29) is 0 Å². The molecule has 0 aliphatic rings. The summed E-state index contributed by atoms with van der Waals surface area (Å²) in [5.41, 5.74) is 0.392. The summed E-state index contributed by atoms with van der Waals surface area (Å²) in [6.45, 7) is -0.977. The predicted molar refractivity (Wildman–Crippen MR) is 77.1 cm³/mol. The van der Waals surface area contributed by atoms with Crippen LogP contribution in [-0.2, 0) is 15.6 Å². The molecule has 112 valence electrons. The van der Waals surface area contributed by atoms with Crippen molar-refractivity contribution in [3.05, 3.63) is 29.8 Å². The minimum atomic E-state index is -1.33. The Labute approximate surface area is 128 Å². The number of alkyl halides is 3. The number of carbonyl (C=O) groups excluding carboxylic acids is 1. The van der Waals surface area contributed by atoms with Crippen LogP contribution in [0.4, 0.5) is 4.39 Å². The molecule has 0 aliphatic carbocycles. The van der Waals surface area contributed by atoms with Gasteiger partial charge in [0.05, 0.1) is 6.04 Å². The maximum absolute atomic E-state index is 12.9. The fourth-order valence-electron chi connectivity index (χ4n) is 1.54.